The van der Waals surface area contributed by atoms with Crippen molar-refractivity contribution in [3.05, 3.63) is 23.0 Å². The first-order valence-corrected chi connectivity index (χ1v) is 10.1. The minimum absolute atomic E-state index is 0.0669. The molecule has 0 aliphatic heterocycles. The topological polar surface area (TPSA) is 78.3 Å². The van der Waals surface area contributed by atoms with E-state index in [9.17, 15) is 4.79 Å². The fourth-order valence-electron chi connectivity index (χ4n) is 3.26. The van der Waals surface area contributed by atoms with Crippen LogP contribution in [-0.4, -0.2) is 54.1 Å². The van der Waals surface area contributed by atoms with Crippen LogP contribution in [0.4, 0.5) is 0 Å². The van der Waals surface area contributed by atoms with E-state index >= 15 is 0 Å². The molecule has 1 fully saturated rings. The molecule has 7 heteroatoms. The number of hydrogen-bond acceptors (Lipinski definition) is 5. The first-order chi connectivity index (χ1) is 13.3. The fraction of sp³-hybridized carbons (Fsp3) is 0.667. The molecule has 1 N–H and O–H groups in total. The third-order valence-corrected chi connectivity index (χ3v) is 4.89. The predicted octanol–water partition coefficient (Wildman–Crippen LogP) is 3.16. The zero-order valence-electron chi connectivity index (χ0n) is 17.7. The maximum Gasteiger partial charge on any atom is 0.252 e. The van der Waals surface area contributed by atoms with Gasteiger partial charge in [0.1, 0.15) is 0 Å². The molecule has 2 aromatic rings. The second-order valence-corrected chi connectivity index (χ2v) is 8.45. The summed E-state index contributed by atoms with van der Waals surface area (Å²) in [4.78, 5) is 17.9. The van der Waals surface area contributed by atoms with Crippen LogP contribution < -0.4 is 5.32 Å². The van der Waals surface area contributed by atoms with Gasteiger partial charge in [-0.25, -0.2) is 9.67 Å². The molecule has 0 radical (unpaired) electrons. The number of amides is 1. The van der Waals surface area contributed by atoms with E-state index in [1.165, 1.54) is 0 Å². The molecular formula is C21H32N4O3. The summed E-state index contributed by atoms with van der Waals surface area (Å²) >= 11 is 0. The van der Waals surface area contributed by atoms with Crippen molar-refractivity contribution < 1.29 is 14.3 Å². The van der Waals surface area contributed by atoms with Gasteiger partial charge in [0.25, 0.3) is 5.91 Å². The lowest BCUT2D eigenvalue weighted by Crippen LogP contribution is -2.26. The quantitative estimate of drug-likeness (QED) is 0.668. The number of pyridine rings is 1. The van der Waals surface area contributed by atoms with Gasteiger partial charge in [0.2, 0.25) is 0 Å². The molecule has 0 unspecified atom stereocenters. The zero-order chi connectivity index (χ0) is 20.3. The minimum atomic E-state index is -0.199. The molecule has 1 amide bonds. The maximum absolute atomic E-state index is 13.0. The normalized spacial score (nSPS) is 14.6. The van der Waals surface area contributed by atoms with Crippen molar-refractivity contribution in [1.29, 1.82) is 0 Å². The van der Waals surface area contributed by atoms with Crippen LogP contribution in [0.5, 0.6) is 0 Å². The molecule has 154 valence electrons. The SMILES string of the molecule is COCCOCCCNC(=O)c1cc(C2CC2)nc2c1c(C)nn2C(C)(C)C. The van der Waals surface area contributed by atoms with E-state index in [1.54, 1.807) is 7.11 Å². The highest BCUT2D eigenvalue weighted by Crippen LogP contribution is 2.40. The molecule has 2 heterocycles. The molecule has 0 saturated heterocycles. The van der Waals surface area contributed by atoms with Gasteiger partial charge < -0.3 is 14.8 Å². The van der Waals surface area contributed by atoms with E-state index in [4.69, 9.17) is 19.6 Å². The Morgan fingerprint density at radius 1 is 1.29 bits per heavy atom. The third kappa shape index (κ3) is 4.70. The number of methoxy groups -OCH3 is 1. The van der Waals surface area contributed by atoms with Gasteiger partial charge in [-0.2, -0.15) is 5.10 Å². The van der Waals surface area contributed by atoms with Crippen molar-refractivity contribution >= 4 is 16.9 Å². The number of aromatic nitrogens is 3. The van der Waals surface area contributed by atoms with Crippen molar-refractivity contribution in [2.75, 3.05) is 33.5 Å². The van der Waals surface area contributed by atoms with E-state index in [0.29, 0.717) is 37.8 Å². The molecule has 0 atom stereocenters. The summed E-state index contributed by atoms with van der Waals surface area (Å²) in [6, 6.07) is 1.96. The summed E-state index contributed by atoms with van der Waals surface area (Å²) in [5.74, 6) is 0.400. The molecule has 0 aromatic carbocycles. The summed E-state index contributed by atoms with van der Waals surface area (Å²) in [5, 5.41) is 8.59. The van der Waals surface area contributed by atoms with Crippen molar-refractivity contribution in [1.82, 2.24) is 20.1 Å². The summed E-state index contributed by atoms with van der Waals surface area (Å²) in [5.41, 5.74) is 3.14. The Balaban J connectivity index is 1.79. The maximum atomic E-state index is 13.0. The average molecular weight is 389 g/mol. The highest BCUT2D eigenvalue weighted by atomic mass is 16.5. The molecular weight excluding hydrogens is 356 g/mol. The fourth-order valence-corrected chi connectivity index (χ4v) is 3.26. The van der Waals surface area contributed by atoms with E-state index in [-0.39, 0.29) is 11.4 Å². The Labute approximate surface area is 166 Å². The van der Waals surface area contributed by atoms with E-state index in [2.05, 4.69) is 26.1 Å². The average Bonchev–Trinajstić information content (AvgIpc) is 3.43. The highest BCUT2D eigenvalue weighted by molar-refractivity contribution is 6.06. The second kappa shape index (κ2) is 8.57. The van der Waals surface area contributed by atoms with Crippen LogP contribution in [0.25, 0.3) is 11.0 Å². The van der Waals surface area contributed by atoms with Gasteiger partial charge in [0.15, 0.2) is 5.65 Å². The van der Waals surface area contributed by atoms with Gasteiger partial charge in [-0.05, 0) is 53.0 Å². The molecule has 1 saturated carbocycles. The number of hydrogen-bond donors (Lipinski definition) is 1. The largest absolute Gasteiger partial charge is 0.382 e. The van der Waals surface area contributed by atoms with Crippen LogP contribution in [0.15, 0.2) is 6.07 Å². The summed E-state index contributed by atoms with van der Waals surface area (Å²) < 4.78 is 12.3. The van der Waals surface area contributed by atoms with Gasteiger partial charge in [-0.15, -0.1) is 0 Å². The first kappa shape index (κ1) is 20.7. The standard InChI is InChI=1S/C21H32N4O3/c1-14-18-16(20(26)22-9-6-10-28-12-11-27-5)13-17(15-7-8-15)23-19(18)25(24-14)21(2,3)4/h13,15H,6-12H2,1-5H3,(H,22,26). The predicted molar refractivity (Wildman–Crippen MR) is 109 cm³/mol. The smallest absolute Gasteiger partial charge is 0.252 e. The van der Waals surface area contributed by atoms with Crippen LogP contribution in [0.3, 0.4) is 0 Å². The number of ether oxygens (including phenoxy) is 2. The van der Waals surface area contributed by atoms with Crippen molar-refractivity contribution in [2.24, 2.45) is 0 Å². The van der Waals surface area contributed by atoms with Crippen molar-refractivity contribution in [2.45, 2.75) is 58.4 Å². The Morgan fingerprint density at radius 3 is 2.68 bits per heavy atom. The lowest BCUT2D eigenvalue weighted by Gasteiger charge is -2.20. The number of carbonyl (C=O) groups is 1. The Bertz CT molecular complexity index is 834. The van der Waals surface area contributed by atoms with Gasteiger partial charge >= 0.3 is 0 Å². The lowest BCUT2D eigenvalue weighted by atomic mass is 10.1. The Kier molecular flexibility index (Phi) is 6.35. The van der Waals surface area contributed by atoms with Gasteiger partial charge in [0, 0.05) is 31.9 Å². The molecule has 28 heavy (non-hydrogen) atoms. The van der Waals surface area contributed by atoms with Crippen LogP contribution in [0, 0.1) is 6.92 Å². The molecule has 0 bridgehead atoms. The first-order valence-electron chi connectivity index (χ1n) is 10.1. The molecule has 7 nitrogen and oxygen atoms in total. The van der Waals surface area contributed by atoms with Crippen molar-refractivity contribution in [3.8, 4) is 0 Å². The highest BCUT2D eigenvalue weighted by Gasteiger charge is 2.30. The molecule has 1 aliphatic rings. The summed E-state index contributed by atoms with van der Waals surface area (Å²) in [6.07, 6.45) is 3.04. The molecule has 3 rings (SSSR count). The summed E-state index contributed by atoms with van der Waals surface area (Å²) in [6.45, 7) is 10.6. The van der Waals surface area contributed by atoms with E-state index < -0.39 is 0 Å². The third-order valence-electron chi connectivity index (χ3n) is 4.89. The van der Waals surface area contributed by atoms with Gasteiger partial charge in [-0.1, -0.05) is 0 Å². The van der Waals surface area contributed by atoms with E-state index in [0.717, 1.165) is 41.7 Å². The molecule has 1 aliphatic carbocycles. The second-order valence-electron chi connectivity index (χ2n) is 8.45. The Morgan fingerprint density at radius 2 is 2.04 bits per heavy atom. The van der Waals surface area contributed by atoms with Crippen LogP contribution in [0.2, 0.25) is 0 Å². The van der Waals surface area contributed by atoms with Gasteiger partial charge in [0.05, 0.1) is 35.4 Å². The summed E-state index contributed by atoms with van der Waals surface area (Å²) in [7, 11) is 1.65. The number of aryl methyl sites for hydroxylation is 1. The lowest BCUT2D eigenvalue weighted by molar-refractivity contribution is 0.0688. The van der Waals surface area contributed by atoms with Crippen LogP contribution in [0.1, 0.15) is 67.7 Å². The number of nitrogens with zero attached hydrogens (tertiary/aromatic N) is 3. The molecule has 0 spiro atoms. The Hall–Kier alpha value is -1.99. The van der Waals surface area contributed by atoms with Crippen LogP contribution >= 0.6 is 0 Å². The molecule has 2 aromatic heterocycles. The number of rotatable bonds is 9. The van der Waals surface area contributed by atoms with Crippen molar-refractivity contribution in [3.63, 3.8) is 0 Å². The number of fused-ring (bicyclic) bond motifs is 1. The number of nitrogens with one attached hydrogen (secondary N) is 1. The number of carbonyl (C=O) groups excluding carboxylic acids is 1. The monoisotopic (exact) mass is 388 g/mol. The minimum Gasteiger partial charge on any atom is -0.382 e. The zero-order valence-corrected chi connectivity index (χ0v) is 17.7. The van der Waals surface area contributed by atoms with Crippen LogP contribution in [-0.2, 0) is 15.0 Å². The van der Waals surface area contributed by atoms with Gasteiger partial charge in [-0.3, -0.25) is 4.79 Å². The van der Waals surface area contributed by atoms with E-state index in [1.807, 2.05) is 17.7 Å².